The lowest BCUT2D eigenvalue weighted by molar-refractivity contribution is -0.125. The lowest BCUT2D eigenvalue weighted by atomic mass is 9.88. The first kappa shape index (κ1) is 15.1. The molecule has 8 heteroatoms. The molecule has 2 aliphatic rings. The Bertz CT molecular complexity index is 886. The monoisotopic (exact) mass is 358 g/mol. The van der Waals surface area contributed by atoms with E-state index >= 15 is 0 Å². The van der Waals surface area contributed by atoms with Crippen LogP contribution in [0, 0.1) is 0 Å². The van der Waals surface area contributed by atoms with Gasteiger partial charge in [0, 0.05) is 16.1 Å². The van der Waals surface area contributed by atoms with Crippen molar-refractivity contribution in [3.05, 3.63) is 64.7 Å². The molecule has 2 aromatic rings. The number of halogens is 1. The third kappa shape index (κ3) is 2.02. The molecular formula is C16H11ClN4O2S. The lowest BCUT2D eigenvalue weighted by Crippen LogP contribution is -2.64. The van der Waals surface area contributed by atoms with Gasteiger partial charge in [-0.25, -0.2) is 4.90 Å². The molecule has 0 bridgehead atoms. The van der Waals surface area contributed by atoms with Crippen LogP contribution in [-0.2, 0) is 10.5 Å². The van der Waals surface area contributed by atoms with Gasteiger partial charge in [0.15, 0.2) is 5.11 Å². The fourth-order valence-electron chi connectivity index (χ4n) is 2.94. The Hall–Kier alpha value is -2.48. The molecule has 0 radical (unpaired) electrons. The number of hydrazine groups is 1. The molecule has 2 aromatic carbocycles. The zero-order valence-corrected chi connectivity index (χ0v) is 13.7. The third-order valence-electron chi connectivity index (χ3n) is 4.04. The number of benzene rings is 2. The molecule has 1 unspecified atom stereocenters. The summed E-state index contributed by atoms with van der Waals surface area (Å²) in [6, 6.07) is 13.4. The van der Waals surface area contributed by atoms with Crippen molar-refractivity contribution in [2.24, 2.45) is 0 Å². The molecule has 2 amide bonds. The van der Waals surface area contributed by atoms with Crippen LogP contribution in [0.25, 0.3) is 0 Å². The van der Waals surface area contributed by atoms with Crippen molar-refractivity contribution in [2.75, 3.05) is 4.90 Å². The Balaban J connectivity index is 1.92. The number of thiocarbonyl (C=S) groups is 1. The Morgan fingerprint density at radius 2 is 1.75 bits per heavy atom. The quantitative estimate of drug-likeness (QED) is 0.532. The van der Waals surface area contributed by atoms with E-state index in [1.165, 1.54) is 0 Å². The molecule has 6 nitrogen and oxygen atoms in total. The fraction of sp³-hybridized carbons (Fsp3) is 0.0625. The zero-order chi connectivity index (χ0) is 16.9. The van der Waals surface area contributed by atoms with E-state index in [1.807, 2.05) is 0 Å². The standard InChI is InChI=1S/C16H11ClN4O2S/c17-9-5-7-10(8-6-9)21-13(22)11-3-1-2-4-12(11)16(14(21)23)18-15(24)19-20-16/h1-8,20H,(H2,18,19,24). The van der Waals surface area contributed by atoms with Crippen molar-refractivity contribution < 1.29 is 9.59 Å². The average Bonchev–Trinajstić information content (AvgIpc) is 2.98. The van der Waals surface area contributed by atoms with Gasteiger partial charge in [-0.1, -0.05) is 29.8 Å². The van der Waals surface area contributed by atoms with Crippen molar-refractivity contribution in [2.45, 2.75) is 5.66 Å². The van der Waals surface area contributed by atoms with Crippen molar-refractivity contribution in [1.82, 2.24) is 16.2 Å². The van der Waals surface area contributed by atoms with Gasteiger partial charge < -0.3 is 5.32 Å². The summed E-state index contributed by atoms with van der Waals surface area (Å²) >= 11 is 11.0. The van der Waals surface area contributed by atoms with Gasteiger partial charge in [-0.2, -0.15) is 5.43 Å². The van der Waals surface area contributed by atoms with E-state index in [4.69, 9.17) is 23.8 Å². The predicted octanol–water partition coefficient (Wildman–Crippen LogP) is 1.66. The van der Waals surface area contributed by atoms with E-state index < -0.39 is 17.5 Å². The molecule has 0 aromatic heterocycles. The normalized spacial score (nSPS) is 22.4. The number of amides is 2. The number of nitrogens with zero attached hydrogens (tertiary/aromatic N) is 1. The molecule has 1 atom stereocenters. The van der Waals surface area contributed by atoms with Crippen LogP contribution < -0.4 is 21.1 Å². The van der Waals surface area contributed by atoms with Crippen LogP contribution >= 0.6 is 23.8 Å². The summed E-state index contributed by atoms with van der Waals surface area (Å²) < 4.78 is 0. The Morgan fingerprint density at radius 3 is 2.42 bits per heavy atom. The lowest BCUT2D eigenvalue weighted by Gasteiger charge is -2.38. The molecular weight excluding hydrogens is 348 g/mol. The van der Waals surface area contributed by atoms with Gasteiger partial charge in [0.1, 0.15) is 0 Å². The maximum absolute atomic E-state index is 13.2. The van der Waals surface area contributed by atoms with Gasteiger partial charge in [-0.05, 0) is 42.5 Å². The number of hydrogen-bond donors (Lipinski definition) is 3. The summed E-state index contributed by atoms with van der Waals surface area (Å²) in [5.41, 5.74) is 5.67. The SMILES string of the molecule is O=C1c2ccccc2C2(NNC(=S)N2)C(=O)N1c1ccc(Cl)cc1. The molecule has 120 valence electrons. The molecule has 3 N–H and O–H groups in total. The van der Waals surface area contributed by atoms with E-state index in [0.717, 1.165) is 4.90 Å². The number of carbonyl (C=O) groups excluding carboxylic acids is 2. The second-order valence-electron chi connectivity index (χ2n) is 5.42. The maximum Gasteiger partial charge on any atom is 0.281 e. The number of nitrogens with one attached hydrogen (secondary N) is 3. The highest BCUT2D eigenvalue weighted by Gasteiger charge is 2.54. The van der Waals surface area contributed by atoms with Gasteiger partial charge in [0.25, 0.3) is 11.8 Å². The van der Waals surface area contributed by atoms with E-state index in [1.54, 1.807) is 48.5 Å². The smallest absolute Gasteiger partial charge is 0.281 e. The van der Waals surface area contributed by atoms with E-state index in [0.29, 0.717) is 21.8 Å². The zero-order valence-electron chi connectivity index (χ0n) is 12.2. The van der Waals surface area contributed by atoms with Crippen molar-refractivity contribution in [3.63, 3.8) is 0 Å². The molecule has 2 heterocycles. The first-order valence-corrected chi connectivity index (χ1v) is 7.91. The Kier molecular flexibility index (Phi) is 3.31. The molecule has 2 aliphatic heterocycles. The molecule has 24 heavy (non-hydrogen) atoms. The molecule has 1 saturated heterocycles. The third-order valence-corrected chi connectivity index (χ3v) is 4.49. The van der Waals surface area contributed by atoms with Gasteiger partial charge in [0.2, 0.25) is 5.66 Å². The van der Waals surface area contributed by atoms with Crippen LogP contribution in [0.2, 0.25) is 5.02 Å². The maximum atomic E-state index is 13.2. The number of fused-ring (bicyclic) bond motifs is 2. The largest absolute Gasteiger partial charge is 0.331 e. The number of carbonyl (C=O) groups is 2. The van der Waals surface area contributed by atoms with Gasteiger partial charge >= 0.3 is 0 Å². The summed E-state index contributed by atoms with van der Waals surface area (Å²) in [6.07, 6.45) is 0. The Labute approximate surface area is 147 Å². The number of hydrogen-bond acceptors (Lipinski definition) is 4. The van der Waals surface area contributed by atoms with Gasteiger partial charge in [0.05, 0.1) is 5.69 Å². The van der Waals surface area contributed by atoms with Crippen LogP contribution in [0.15, 0.2) is 48.5 Å². The van der Waals surface area contributed by atoms with Gasteiger partial charge in [-0.15, -0.1) is 0 Å². The second kappa shape index (κ2) is 5.27. The van der Waals surface area contributed by atoms with Crippen LogP contribution in [0.1, 0.15) is 15.9 Å². The van der Waals surface area contributed by atoms with Crippen molar-refractivity contribution in [1.29, 1.82) is 0 Å². The predicted molar refractivity (Wildman–Crippen MR) is 93.4 cm³/mol. The summed E-state index contributed by atoms with van der Waals surface area (Å²) in [4.78, 5) is 27.2. The summed E-state index contributed by atoms with van der Waals surface area (Å²) in [5, 5.41) is 3.75. The fourth-order valence-corrected chi connectivity index (χ4v) is 3.27. The van der Waals surface area contributed by atoms with E-state index in [-0.39, 0.29) is 5.11 Å². The Morgan fingerprint density at radius 1 is 1.04 bits per heavy atom. The molecule has 4 rings (SSSR count). The second-order valence-corrected chi connectivity index (χ2v) is 6.27. The minimum absolute atomic E-state index is 0.281. The number of imide groups is 1. The molecule has 0 saturated carbocycles. The highest BCUT2D eigenvalue weighted by Crippen LogP contribution is 2.35. The minimum atomic E-state index is -1.33. The minimum Gasteiger partial charge on any atom is -0.331 e. The molecule has 0 aliphatic carbocycles. The topological polar surface area (TPSA) is 73.5 Å². The average molecular weight is 359 g/mol. The molecule has 1 spiro atoms. The van der Waals surface area contributed by atoms with Crippen molar-refractivity contribution >= 4 is 46.4 Å². The highest BCUT2D eigenvalue weighted by molar-refractivity contribution is 7.80. The van der Waals surface area contributed by atoms with Crippen LogP contribution in [0.5, 0.6) is 0 Å². The number of rotatable bonds is 1. The van der Waals surface area contributed by atoms with Crippen LogP contribution in [0.4, 0.5) is 5.69 Å². The van der Waals surface area contributed by atoms with E-state index in [9.17, 15) is 9.59 Å². The first-order chi connectivity index (χ1) is 11.5. The molecule has 1 fully saturated rings. The summed E-state index contributed by atoms with van der Waals surface area (Å²) in [5.74, 6) is -0.870. The van der Waals surface area contributed by atoms with Crippen LogP contribution in [-0.4, -0.2) is 16.9 Å². The highest BCUT2D eigenvalue weighted by atomic mass is 35.5. The summed E-state index contributed by atoms with van der Waals surface area (Å²) in [7, 11) is 0. The van der Waals surface area contributed by atoms with E-state index in [2.05, 4.69) is 16.2 Å². The summed E-state index contributed by atoms with van der Waals surface area (Å²) in [6.45, 7) is 0. The first-order valence-electron chi connectivity index (χ1n) is 7.12. The van der Waals surface area contributed by atoms with Gasteiger partial charge in [-0.3, -0.25) is 15.0 Å². The van der Waals surface area contributed by atoms with Crippen molar-refractivity contribution in [3.8, 4) is 0 Å². The van der Waals surface area contributed by atoms with Crippen LogP contribution in [0.3, 0.4) is 0 Å². The number of anilines is 1.